The smallest absolute Gasteiger partial charge is 0.341 e. The summed E-state index contributed by atoms with van der Waals surface area (Å²) in [5.41, 5.74) is 5.40. The van der Waals surface area contributed by atoms with Crippen LogP contribution in [0.15, 0.2) is 24.4 Å². The van der Waals surface area contributed by atoms with Gasteiger partial charge in [0.05, 0.1) is 17.8 Å². The first-order valence-electron chi connectivity index (χ1n) is 6.96. The molecule has 0 radical (unpaired) electrons. The molecule has 0 atom stereocenters. The van der Waals surface area contributed by atoms with Gasteiger partial charge in [0.2, 0.25) is 0 Å². The SMILES string of the molecule is CCOC(=O)c1cnc2c(C(C)(C)C)cccc2c1NN. The fourth-order valence-corrected chi connectivity index (χ4v) is 2.35. The van der Waals surface area contributed by atoms with Gasteiger partial charge in [-0.3, -0.25) is 10.8 Å². The fourth-order valence-electron chi connectivity index (χ4n) is 2.35. The third-order valence-corrected chi connectivity index (χ3v) is 3.35. The van der Waals surface area contributed by atoms with E-state index >= 15 is 0 Å². The standard InChI is InChI=1S/C16H21N3O2/c1-5-21-15(20)11-9-18-14-10(13(11)19-17)7-6-8-12(14)16(2,3)4/h6-9H,5,17H2,1-4H3,(H,18,19). The number of aromatic nitrogens is 1. The number of hydrogen-bond acceptors (Lipinski definition) is 5. The van der Waals surface area contributed by atoms with E-state index in [2.05, 4.69) is 31.2 Å². The number of nitrogens with zero attached hydrogens (tertiary/aromatic N) is 1. The minimum absolute atomic E-state index is 0.0518. The summed E-state index contributed by atoms with van der Waals surface area (Å²) in [5, 5.41) is 0.815. The number of nitrogen functional groups attached to an aromatic ring is 1. The van der Waals surface area contributed by atoms with Crippen molar-refractivity contribution in [2.24, 2.45) is 5.84 Å². The van der Waals surface area contributed by atoms with Gasteiger partial charge in [-0.2, -0.15) is 0 Å². The number of benzene rings is 1. The van der Waals surface area contributed by atoms with E-state index in [0.29, 0.717) is 17.9 Å². The highest BCUT2D eigenvalue weighted by atomic mass is 16.5. The number of carbonyl (C=O) groups is 1. The predicted octanol–water partition coefficient (Wildman–Crippen LogP) is 2.99. The van der Waals surface area contributed by atoms with Gasteiger partial charge in [0.25, 0.3) is 0 Å². The first-order valence-corrected chi connectivity index (χ1v) is 6.96. The predicted molar refractivity (Wildman–Crippen MR) is 84.2 cm³/mol. The topological polar surface area (TPSA) is 77.2 Å². The van der Waals surface area contributed by atoms with Crippen molar-refractivity contribution in [1.82, 2.24) is 4.98 Å². The van der Waals surface area contributed by atoms with Crippen LogP contribution in [-0.2, 0) is 10.2 Å². The van der Waals surface area contributed by atoms with E-state index < -0.39 is 5.97 Å². The summed E-state index contributed by atoms with van der Waals surface area (Å²) < 4.78 is 5.04. The number of fused-ring (bicyclic) bond motifs is 1. The second-order valence-corrected chi connectivity index (χ2v) is 5.86. The molecule has 2 aromatic rings. The average molecular weight is 287 g/mol. The van der Waals surface area contributed by atoms with Gasteiger partial charge < -0.3 is 10.2 Å². The summed E-state index contributed by atoms with van der Waals surface area (Å²) >= 11 is 0. The lowest BCUT2D eigenvalue weighted by Gasteiger charge is -2.21. The van der Waals surface area contributed by atoms with Crippen LogP contribution >= 0.6 is 0 Å². The van der Waals surface area contributed by atoms with E-state index in [1.807, 2.05) is 18.2 Å². The number of nitrogens with one attached hydrogen (secondary N) is 1. The molecule has 0 amide bonds. The molecule has 2 rings (SSSR count). The van der Waals surface area contributed by atoms with Crippen LogP contribution in [0.25, 0.3) is 10.9 Å². The molecule has 0 saturated heterocycles. The van der Waals surface area contributed by atoms with E-state index in [-0.39, 0.29) is 5.41 Å². The summed E-state index contributed by atoms with van der Waals surface area (Å²) in [6, 6.07) is 5.88. The van der Waals surface area contributed by atoms with Gasteiger partial charge in [-0.15, -0.1) is 0 Å². The van der Waals surface area contributed by atoms with E-state index in [1.165, 1.54) is 6.20 Å². The van der Waals surface area contributed by atoms with Crippen LogP contribution < -0.4 is 11.3 Å². The quantitative estimate of drug-likeness (QED) is 0.515. The minimum Gasteiger partial charge on any atom is -0.462 e. The maximum atomic E-state index is 12.0. The normalized spacial score (nSPS) is 11.5. The van der Waals surface area contributed by atoms with Gasteiger partial charge >= 0.3 is 5.97 Å². The molecule has 0 aliphatic rings. The van der Waals surface area contributed by atoms with E-state index in [1.54, 1.807) is 6.92 Å². The van der Waals surface area contributed by atoms with Crippen LogP contribution in [0.2, 0.25) is 0 Å². The Morgan fingerprint density at radius 3 is 2.67 bits per heavy atom. The molecule has 0 aliphatic carbocycles. The molecule has 1 aromatic heterocycles. The second-order valence-electron chi connectivity index (χ2n) is 5.86. The van der Waals surface area contributed by atoms with Crippen molar-refractivity contribution in [3.63, 3.8) is 0 Å². The van der Waals surface area contributed by atoms with Gasteiger partial charge in [-0.05, 0) is 17.9 Å². The first kappa shape index (κ1) is 15.3. The number of rotatable bonds is 3. The van der Waals surface area contributed by atoms with Gasteiger partial charge in [0.15, 0.2) is 0 Å². The molecule has 112 valence electrons. The third-order valence-electron chi connectivity index (χ3n) is 3.35. The lowest BCUT2D eigenvalue weighted by Crippen LogP contribution is -2.17. The highest BCUT2D eigenvalue weighted by Crippen LogP contribution is 2.33. The molecule has 3 N–H and O–H groups in total. The fraction of sp³-hybridized carbons (Fsp3) is 0.375. The molecule has 0 spiro atoms. The first-order chi connectivity index (χ1) is 9.90. The van der Waals surface area contributed by atoms with Crippen LogP contribution in [0.4, 0.5) is 5.69 Å². The van der Waals surface area contributed by atoms with E-state index in [0.717, 1.165) is 16.5 Å². The molecule has 0 saturated carbocycles. The molecule has 0 unspecified atom stereocenters. The van der Waals surface area contributed by atoms with Crippen molar-refractivity contribution >= 4 is 22.6 Å². The Morgan fingerprint density at radius 1 is 1.38 bits per heavy atom. The zero-order valence-corrected chi connectivity index (χ0v) is 12.9. The Hall–Kier alpha value is -2.14. The van der Waals surface area contributed by atoms with Gasteiger partial charge in [0, 0.05) is 11.6 Å². The molecule has 21 heavy (non-hydrogen) atoms. The number of para-hydroxylation sites is 1. The van der Waals surface area contributed by atoms with Crippen molar-refractivity contribution in [2.75, 3.05) is 12.0 Å². The number of carbonyl (C=O) groups excluding carboxylic acids is 1. The maximum absolute atomic E-state index is 12.0. The zero-order chi connectivity index (χ0) is 15.6. The number of anilines is 1. The lowest BCUT2D eigenvalue weighted by atomic mass is 9.85. The number of pyridine rings is 1. The summed E-state index contributed by atoms with van der Waals surface area (Å²) in [5.74, 6) is 5.19. The molecule has 5 heteroatoms. The van der Waals surface area contributed by atoms with Crippen molar-refractivity contribution in [3.05, 3.63) is 35.5 Å². The summed E-state index contributed by atoms with van der Waals surface area (Å²) in [4.78, 5) is 16.5. The van der Waals surface area contributed by atoms with E-state index in [9.17, 15) is 4.79 Å². The number of esters is 1. The zero-order valence-electron chi connectivity index (χ0n) is 12.9. The highest BCUT2D eigenvalue weighted by molar-refractivity contribution is 6.05. The third kappa shape index (κ3) is 2.83. The average Bonchev–Trinajstić information content (AvgIpc) is 2.44. The number of nitrogens with two attached hydrogens (primary N) is 1. The summed E-state index contributed by atoms with van der Waals surface area (Å²) in [7, 11) is 0. The molecule has 0 bridgehead atoms. The van der Waals surface area contributed by atoms with Crippen molar-refractivity contribution in [1.29, 1.82) is 0 Å². The van der Waals surface area contributed by atoms with E-state index in [4.69, 9.17) is 10.6 Å². The minimum atomic E-state index is -0.430. The van der Waals surface area contributed by atoms with Gasteiger partial charge in [-0.1, -0.05) is 39.0 Å². The monoisotopic (exact) mass is 287 g/mol. The van der Waals surface area contributed by atoms with Crippen molar-refractivity contribution in [2.45, 2.75) is 33.1 Å². The van der Waals surface area contributed by atoms with Crippen molar-refractivity contribution < 1.29 is 9.53 Å². The molecule has 1 aromatic carbocycles. The molecule has 5 nitrogen and oxygen atoms in total. The number of hydrazine groups is 1. The van der Waals surface area contributed by atoms with Crippen molar-refractivity contribution in [3.8, 4) is 0 Å². The molecule has 0 fully saturated rings. The Bertz CT molecular complexity index is 675. The summed E-state index contributed by atoms with van der Waals surface area (Å²) in [6.45, 7) is 8.44. The second kappa shape index (κ2) is 5.69. The van der Waals surface area contributed by atoms with Gasteiger partial charge in [-0.25, -0.2) is 4.79 Å². The Labute approximate surface area is 124 Å². The Kier molecular flexibility index (Phi) is 4.14. The Morgan fingerprint density at radius 2 is 2.10 bits per heavy atom. The van der Waals surface area contributed by atoms with Crippen LogP contribution in [0.3, 0.4) is 0 Å². The summed E-state index contributed by atoms with van der Waals surface area (Å²) in [6.07, 6.45) is 1.52. The molecule has 1 heterocycles. The van der Waals surface area contributed by atoms with Gasteiger partial charge in [0.1, 0.15) is 5.56 Å². The largest absolute Gasteiger partial charge is 0.462 e. The highest BCUT2D eigenvalue weighted by Gasteiger charge is 2.21. The molecular formula is C16H21N3O2. The Balaban J connectivity index is 2.72. The van der Waals surface area contributed by atoms with Crippen LogP contribution in [0.1, 0.15) is 43.6 Å². The van der Waals surface area contributed by atoms with Crippen LogP contribution in [-0.4, -0.2) is 17.6 Å². The molecule has 0 aliphatic heterocycles. The molecular weight excluding hydrogens is 266 g/mol. The number of hydrogen-bond donors (Lipinski definition) is 2. The lowest BCUT2D eigenvalue weighted by molar-refractivity contribution is 0.0527. The number of ether oxygens (including phenoxy) is 1. The van der Waals surface area contributed by atoms with Crippen LogP contribution in [0.5, 0.6) is 0 Å². The van der Waals surface area contributed by atoms with Crippen LogP contribution in [0, 0.1) is 0 Å². The maximum Gasteiger partial charge on any atom is 0.341 e.